The van der Waals surface area contributed by atoms with Crippen LogP contribution in [0, 0.1) is 0 Å². The maximum atomic E-state index is 12.4. The van der Waals surface area contributed by atoms with Gasteiger partial charge >= 0.3 is 0 Å². The molecule has 0 saturated carbocycles. The Labute approximate surface area is 155 Å². The van der Waals surface area contributed by atoms with E-state index in [4.69, 9.17) is 25.8 Å². The normalized spacial score (nSPS) is 15.3. The maximum Gasteiger partial charge on any atom is 0.266 e. The van der Waals surface area contributed by atoms with Crippen molar-refractivity contribution in [2.75, 3.05) is 24.9 Å². The third-order valence-electron chi connectivity index (χ3n) is 3.83. The molecule has 0 radical (unpaired) electrons. The first-order valence-electron chi connectivity index (χ1n) is 7.79. The number of halogens is 1. The second-order valence-corrected chi connectivity index (χ2v) is 5.94. The SMILES string of the molecule is COc1cc(NC(=O)C[C@@H]2Oc3ccccc3NC2=O)c(OC)cc1Cl. The quantitative estimate of drug-likeness (QED) is 0.837. The Hall–Kier alpha value is -2.93. The zero-order valence-corrected chi connectivity index (χ0v) is 14.9. The van der Waals surface area contributed by atoms with Gasteiger partial charge in [-0.25, -0.2) is 0 Å². The highest BCUT2D eigenvalue weighted by atomic mass is 35.5. The van der Waals surface area contributed by atoms with Crippen LogP contribution in [0.5, 0.6) is 17.2 Å². The number of anilines is 2. The lowest BCUT2D eigenvalue weighted by Gasteiger charge is -2.25. The van der Waals surface area contributed by atoms with Crippen LogP contribution in [0.15, 0.2) is 36.4 Å². The highest BCUT2D eigenvalue weighted by Crippen LogP contribution is 2.36. The van der Waals surface area contributed by atoms with Crippen LogP contribution in [0.25, 0.3) is 0 Å². The smallest absolute Gasteiger partial charge is 0.266 e. The van der Waals surface area contributed by atoms with Crippen molar-refractivity contribution in [1.82, 2.24) is 0 Å². The van der Waals surface area contributed by atoms with Crippen molar-refractivity contribution in [3.8, 4) is 17.2 Å². The lowest BCUT2D eigenvalue weighted by atomic mass is 10.1. The Kier molecular flexibility index (Phi) is 5.18. The average Bonchev–Trinajstić information content (AvgIpc) is 2.63. The highest BCUT2D eigenvalue weighted by molar-refractivity contribution is 6.32. The largest absolute Gasteiger partial charge is 0.495 e. The van der Waals surface area contributed by atoms with Gasteiger partial charge in [0.25, 0.3) is 5.91 Å². The first kappa shape index (κ1) is 17.9. The number of para-hydroxylation sites is 2. The van der Waals surface area contributed by atoms with Crippen molar-refractivity contribution in [2.45, 2.75) is 12.5 Å². The van der Waals surface area contributed by atoms with E-state index in [2.05, 4.69) is 10.6 Å². The van der Waals surface area contributed by atoms with Crippen LogP contribution >= 0.6 is 11.6 Å². The number of nitrogens with one attached hydrogen (secondary N) is 2. The molecule has 0 fully saturated rings. The minimum absolute atomic E-state index is 0.158. The van der Waals surface area contributed by atoms with Crippen LogP contribution in [-0.4, -0.2) is 32.1 Å². The minimum Gasteiger partial charge on any atom is -0.495 e. The second kappa shape index (κ2) is 7.53. The zero-order valence-electron chi connectivity index (χ0n) is 14.2. The van der Waals surface area contributed by atoms with Gasteiger partial charge in [0.1, 0.15) is 17.2 Å². The van der Waals surface area contributed by atoms with Gasteiger partial charge in [-0.3, -0.25) is 9.59 Å². The number of carbonyl (C=O) groups excluding carboxylic acids is 2. The first-order valence-corrected chi connectivity index (χ1v) is 8.17. The molecule has 1 heterocycles. The van der Waals surface area contributed by atoms with E-state index in [0.717, 1.165) is 0 Å². The molecule has 0 bridgehead atoms. The number of amides is 2. The van der Waals surface area contributed by atoms with Crippen LogP contribution < -0.4 is 24.8 Å². The summed E-state index contributed by atoms with van der Waals surface area (Å²) in [4.78, 5) is 24.5. The Morgan fingerprint density at radius 3 is 2.69 bits per heavy atom. The molecule has 2 amide bonds. The molecule has 2 N–H and O–H groups in total. The fourth-order valence-electron chi connectivity index (χ4n) is 2.55. The van der Waals surface area contributed by atoms with Crippen LogP contribution in [-0.2, 0) is 9.59 Å². The molecule has 136 valence electrons. The Morgan fingerprint density at radius 2 is 1.96 bits per heavy atom. The van der Waals surface area contributed by atoms with E-state index in [0.29, 0.717) is 33.6 Å². The summed E-state index contributed by atoms with van der Waals surface area (Å²) in [5.41, 5.74) is 0.966. The van der Waals surface area contributed by atoms with Crippen LogP contribution in [0.2, 0.25) is 5.02 Å². The molecule has 26 heavy (non-hydrogen) atoms. The predicted octanol–water partition coefficient (Wildman–Crippen LogP) is 3.09. The summed E-state index contributed by atoms with van der Waals surface area (Å²) in [7, 11) is 2.93. The lowest BCUT2D eigenvalue weighted by molar-refractivity contribution is -0.128. The molecule has 1 aliphatic rings. The molecule has 7 nitrogen and oxygen atoms in total. The molecule has 1 aliphatic heterocycles. The molecule has 3 rings (SSSR count). The molecular weight excluding hydrogens is 360 g/mol. The van der Waals surface area contributed by atoms with Gasteiger partial charge in [-0.1, -0.05) is 23.7 Å². The van der Waals surface area contributed by atoms with Gasteiger partial charge in [0.2, 0.25) is 5.91 Å². The van der Waals surface area contributed by atoms with Gasteiger partial charge in [0, 0.05) is 12.1 Å². The van der Waals surface area contributed by atoms with Gasteiger partial charge in [0.15, 0.2) is 6.10 Å². The number of fused-ring (bicyclic) bond motifs is 1. The van der Waals surface area contributed by atoms with Crippen molar-refractivity contribution in [3.63, 3.8) is 0 Å². The highest BCUT2D eigenvalue weighted by Gasteiger charge is 2.29. The Balaban J connectivity index is 1.73. The summed E-state index contributed by atoms with van der Waals surface area (Å²) in [5.74, 6) is 0.509. The van der Waals surface area contributed by atoms with Gasteiger partial charge in [-0.2, -0.15) is 0 Å². The summed E-state index contributed by atoms with van der Waals surface area (Å²) in [6.07, 6.45) is -1.08. The number of rotatable bonds is 5. The van der Waals surface area contributed by atoms with Crippen molar-refractivity contribution >= 4 is 34.8 Å². The lowest BCUT2D eigenvalue weighted by Crippen LogP contribution is -2.39. The topological polar surface area (TPSA) is 85.9 Å². The van der Waals surface area contributed by atoms with Gasteiger partial charge in [-0.05, 0) is 12.1 Å². The average molecular weight is 377 g/mol. The standard InChI is InChI=1S/C18H17ClN2O5/c1-24-14-8-12(15(25-2)7-10(14)19)20-17(22)9-16-18(23)21-11-5-3-4-6-13(11)26-16/h3-8,16H,9H2,1-2H3,(H,20,22)(H,21,23)/t16-/m0/s1. The fraction of sp³-hybridized carbons (Fsp3) is 0.222. The van der Waals surface area contributed by atoms with Gasteiger partial charge in [0.05, 0.1) is 37.0 Å². The van der Waals surface area contributed by atoms with E-state index in [1.165, 1.54) is 20.3 Å². The van der Waals surface area contributed by atoms with Crippen LogP contribution in [0.3, 0.4) is 0 Å². The van der Waals surface area contributed by atoms with E-state index in [1.807, 2.05) is 0 Å². The van der Waals surface area contributed by atoms with E-state index < -0.39 is 12.0 Å². The van der Waals surface area contributed by atoms with Crippen molar-refractivity contribution in [3.05, 3.63) is 41.4 Å². The van der Waals surface area contributed by atoms with Gasteiger partial charge in [-0.15, -0.1) is 0 Å². The monoisotopic (exact) mass is 376 g/mol. The molecule has 0 spiro atoms. The molecule has 1 atom stereocenters. The first-order chi connectivity index (χ1) is 12.5. The summed E-state index contributed by atoms with van der Waals surface area (Å²) in [5, 5.41) is 5.77. The van der Waals surface area contributed by atoms with Crippen molar-refractivity contribution in [1.29, 1.82) is 0 Å². The van der Waals surface area contributed by atoms with Crippen LogP contribution in [0.4, 0.5) is 11.4 Å². The summed E-state index contributed by atoms with van der Waals surface area (Å²) >= 11 is 6.05. The number of hydrogen-bond acceptors (Lipinski definition) is 5. The van der Waals surface area contributed by atoms with E-state index in [9.17, 15) is 9.59 Å². The molecule has 8 heteroatoms. The molecule has 2 aromatic rings. The van der Waals surface area contributed by atoms with Crippen LogP contribution in [0.1, 0.15) is 6.42 Å². The number of benzene rings is 2. The summed E-state index contributed by atoms with van der Waals surface area (Å²) < 4.78 is 16.0. The number of hydrogen-bond donors (Lipinski definition) is 2. The molecule has 0 aromatic heterocycles. The van der Waals surface area contributed by atoms with E-state index in [1.54, 1.807) is 30.3 Å². The molecule has 0 unspecified atom stereocenters. The fourth-order valence-corrected chi connectivity index (χ4v) is 2.79. The predicted molar refractivity (Wildman–Crippen MR) is 97.3 cm³/mol. The third kappa shape index (κ3) is 3.67. The van der Waals surface area contributed by atoms with Crippen molar-refractivity contribution < 1.29 is 23.8 Å². The summed E-state index contributed by atoms with van der Waals surface area (Å²) in [6.45, 7) is 0. The molecule has 2 aromatic carbocycles. The third-order valence-corrected chi connectivity index (χ3v) is 4.12. The van der Waals surface area contributed by atoms with E-state index in [-0.39, 0.29) is 12.3 Å². The number of carbonyl (C=O) groups is 2. The Morgan fingerprint density at radius 1 is 1.23 bits per heavy atom. The number of ether oxygens (including phenoxy) is 3. The zero-order chi connectivity index (χ0) is 18.7. The second-order valence-electron chi connectivity index (χ2n) is 5.53. The molecule has 0 saturated heterocycles. The van der Waals surface area contributed by atoms with E-state index >= 15 is 0 Å². The minimum atomic E-state index is -0.926. The molecular formula is C18H17ClN2O5. The Bertz CT molecular complexity index is 855. The van der Waals surface area contributed by atoms with Crippen molar-refractivity contribution in [2.24, 2.45) is 0 Å². The summed E-state index contributed by atoms with van der Waals surface area (Å²) in [6, 6.07) is 10.1. The molecule has 0 aliphatic carbocycles. The maximum absolute atomic E-state index is 12.4. The van der Waals surface area contributed by atoms with Gasteiger partial charge < -0.3 is 24.8 Å². The number of methoxy groups -OCH3 is 2.